The highest BCUT2D eigenvalue weighted by atomic mass is 16.6. The van der Waals surface area contributed by atoms with Crippen molar-refractivity contribution >= 4 is 17.9 Å². The Balaban J connectivity index is 4.16. The van der Waals surface area contributed by atoms with Gasteiger partial charge in [-0.1, -0.05) is 234 Å². The first-order valence-electron chi connectivity index (χ1n) is 26.6. The Morgan fingerprint density at radius 1 is 0.328 bits per heavy atom. The van der Waals surface area contributed by atoms with Crippen molar-refractivity contribution in [3.63, 3.8) is 0 Å². The number of carbonyl (C=O) groups excluding carboxylic acids is 3. The van der Waals surface area contributed by atoms with Crippen LogP contribution in [0.3, 0.4) is 0 Å². The molecule has 0 aliphatic heterocycles. The van der Waals surface area contributed by atoms with Crippen LogP contribution in [0, 0.1) is 0 Å². The average Bonchev–Trinajstić information content (AvgIpc) is 3.29. The highest BCUT2D eigenvalue weighted by molar-refractivity contribution is 5.71. The van der Waals surface area contributed by atoms with E-state index in [1.807, 2.05) is 0 Å². The van der Waals surface area contributed by atoms with Crippen LogP contribution in [-0.4, -0.2) is 37.2 Å². The molecule has 0 rings (SSSR count). The van der Waals surface area contributed by atoms with Crippen molar-refractivity contribution in [3.8, 4) is 0 Å². The Labute approximate surface area is 395 Å². The monoisotopic (exact) mass is 891 g/mol. The quantitative estimate of drug-likeness (QED) is 0.0262. The molecule has 64 heavy (non-hydrogen) atoms. The Morgan fingerprint density at radius 3 is 0.953 bits per heavy atom. The second-order valence-corrected chi connectivity index (χ2v) is 17.4. The molecular formula is C58H98O6. The van der Waals surface area contributed by atoms with E-state index in [-0.39, 0.29) is 31.1 Å². The molecular weight excluding hydrogens is 793 g/mol. The van der Waals surface area contributed by atoms with E-state index in [9.17, 15) is 14.4 Å². The molecule has 0 bridgehead atoms. The zero-order valence-electron chi connectivity index (χ0n) is 41.8. The van der Waals surface area contributed by atoms with Crippen molar-refractivity contribution in [2.75, 3.05) is 13.2 Å². The molecule has 0 aromatic heterocycles. The highest BCUT2D eigenvalue weighted by Gasteiger charge is 2.19. The van der Waals surface area contributed by atoms with Crippen molar-refractivity contribution in [3.05, 3.63) is 85.1 Å². The fraction of sp³-hybridized carbons (Fsp3) is 0.707. The summed E-state index contributed by atoms with van der Waals surface area (Å²) in [5.74, 6) is -0.914. The molecule has 0 aromatic rings. The topological polar surface area (TPSA) is 78.9 Å². The molecule has 0 aliphatic rings. The molecule has 0 radical (unpaired) electrons. The summed E-state index contributed by atoms with van der Waals surface area (Å²) in [6.07, 6.45) is 67.5. The van der Waals surface area contributed by atoms with E-state index < -0.39 is 6.10 Å². The van der Waals surface area contributed by atoms with E-state index in [0.717, 1.165) is 128 Å². The van der Waals surface area contributed by atoms with Gasteiger partial charge in [0.25, 0.3) is 0 Å². The van der Waals surface area contributed by atoms with E-state index in [4.69, 9.17) is 14.2 Å². The second kappa shape index (κ2) is 52.2. The number of hydrogen-bond donors (Lipinski definition) is 0. The van der Waals surface area contributed by atoms with Crippen LogP contribution < -0.4 is 0 Å². The first-order valence-corrected chi connectivity index (χ1v) is 26.6. The van der Waals surface area contributed by atoms with Crippen molar-refractivity contribution in [1.29, 1.82) is 0 Å². The molecule has 6 nitrogen and oxygen atoms in total. The van der Waals surface area contributed by atoms with Crippen LogP contribution in [0.1, 0.15) is 245 Å². The maximum absolute atomic E-state index is 12.7. The van der Waals surface area contributed by atoms with E-state index in [1.165, 1.54) is 77.0 Å². The number of esters is 3. The number of hydrogen-bond acceptors (Lipinski definition) is 6. The van der Waals surface area contributed by atoms with Crippen LogP contribution >= 0.6 is 0 Å². The lowest BCUT2D eigenvalue weighted by Crippen LogP contribution is -2.30. The summed E-state index contributed by atoms with van der Waals surface area (Å²) in [7, 11) is 0. The van der Waals surface area contributed by atoms with Gasteiger partial charge in [-0.3, -0.25) is 14.4 Å². The second-order valence-electron chi connectivity index (χ2n) is 17.4. The lowest BCUT2D eigenvalue weighted by molar-refractivity contribution is -0.167. The lowest BCUT2D eigenvalue weighted by atomic mass is 10.0. The standard InChI is InChI=1S/C58H98O6/c1-4-7-10-13-15-17-19-21-23-24-25-26-27-28-29-30-31-32-33-34-35-37-38-40-42-45-48-51-57(60)63-54-55(53-62-56(59)50-47-44-12-9-6-3)64-58(61)52-49-46-43-41-39-36-22-20-18-16-14-11-8-5-2/h7,10,15,17,21,23,25-26,28-29,31-32,34-35,55H,4-6,8-9,11-14,16,18-20,22,24,27,30,33,36-54H2,1-3H3/b10-7-,17-15-,23-21-,26-25-,29-28-,32-31-,35-34-. The molecule has 0 saturated carbocycles. The number of rotatable bonds is 47. The zero-order chi connectivity index (χ0) is 46.5. The summed E-state index contributed by atoms with van der Waals surface area (Å²) in [6, 6.07) is 0. The maximum atomic E-state index is 12.7. The molecule has 1 unspecified atom stereocenters. The molecule has 0 N–H and O–H groups in total. The highest BCUT2D eigenvalue weighted by Crippen LogP contribution is 2.15. The SMILES string of the molecule is CC/C=C\C/C=C\C/C=C\C/C=C\C/C=C\C/C=C\C/C=C\CCCCCCCC(=O)OCC(COC(=O)CCCCCCC)OC(=O)CCCCCCCCCCCCCCCC. The van der Waals surface area contributed by atoms with Crippen molar-refractivity contribution < 1.29 is 28.6 Å². The van der Waals surface area contributed by atoms with Gasteiger partial charge in [0.05, 0.1) is 0 Å². The molecule has 0 spiro atoms. The number of carbonyl (C=O) groups is 3. The smallest absolute Gasteiger partial charge is 0.306 e. The molecule has 0 heterocycles. The van der Waals surface area contributed by atoms with Gasteiger partial charge in [0, 0.05) is 19.3 Å². The van der Waals surface area contributed by atoms with Crippen molar-refractivity contribution in [1.82, 2.24) is 0 Å². The molecule has 1 atom stereocenters. The van der Waals surface area contributed by atoms with E-state index in [0.29, 0.717) is 19.3 Å². The number of allylic oxidation sites excluding steroid dienone is 14. The Hall–Kier alpha value is -3.41. The Bertz CT molecular complexity index is 1250. The fourth-order valence-corrected chi connectivity index (χ4v) is 7.19. The minimum atomic E-state index is -0.778. The molecule has 0 saturated heterocycles. The van der Waals surface area contributed by atoms with Gasteiger partial charge in [0.15, 0.2) is 6.10 Å². The Morgan fingerprint density at radius 2 is 0.609 bits per heavy atom. The van der Waals surface area contributed by atoms with Gasteiger partial charge in [-0.15, -0.1) is 0 Å². The van der Waals surface area contributed by atoms with E-state index in [2.05, 4.69) is 106 Å². The predicted molar refractivity (Wildman–Crippen MR) is 274 cm³/mol. The van der Waals surface area contributed by atoms with Crippen molar-refractivity contribution in [2.24, 2.45) is 0 Å². The minimum Gasteiger partial charge on any atom is -0.462 e. The van der Waals surface area contributed by atoms with Crippen LogP contribution in [-0.2, 0) is 28.6 Å². The summed E-state index contributed by atoms with van der Waals surface area (Å²) < 4.78 is 16.7. The summed E-state index contributed by atoms with van der Waals surface area (Å²) in [4.78, 5) is 37.7. The average molecular weight is 891 g/mol. The van der Waals surface area contributed by atoms with Gasteiger partial charge in [-0.25, -0.2) is 0 Å². The van der Waals surface area contributed by atoms with Gasteiger partial charge in [0.1, 0.15) is 13.2 Å². The normalized spacial score (nSPS) is 12.7. The summed E-state index contributed by atoms with van der Waals surface area (Å²) in [6.45, 7) is 6.42. The third-order valence-corrected chi connectivity index (χ3v) is 11.2. The summed E-state index contributed by atoms with van der Waals surface area (Å²) in [5.41, 5.74) is 0. The number of ether oxygens (including phenoxy) is 3. The van der Waals surface area contributed by atoms with Gasteiger partial charge < -0.3 is 14.2 Å². The van der Waals surface area contributed by atoms with E-state index >= 15 is 0 Å². The predicted octanol–water partition coefficient (Wildman–Crippen LogP) is 17.6. The van der Waals surface area contributed by atoms with Crippen LogP contribution in [0.2, 0.25) is 0 Å². The molecule has 6 heteroatoms. The first kappa shape index (κ1) is 60.6. The maximum Gasteiger partial charge on any atom is 0.306 e. The summed E-state index contributed by atoms with van der Waals surface area (Å²) >= 11 is 0. The fourth-order valence-electron chi connectivity index (χ4n) is 7.19. The van der Waals surface area contributed by atoms with Crippen LogP contribution in [0.4, 0.5) is 0 Å². The largest absolute Gasteiger partial charge is 0.462 e. The van der Waals surface area contributed by atoms with E-state index in [1.54, 1.807) is 0 Å². The van der Waals surface area contributed by atoms with Crippen LogP contribution in [0.15, 0.2) is 85.1 Å². The summed E-state index contributed by atoms with van der Waals surface area (Å²) in [5, 5.41) is 0. The third-order valence-electron chi connectivity index (χ3n) is 11.2. The molecule has 0 aliphatic carbocycles. The molecule has 366 valence electrons. The zero-order valence-corrected chi connectivity index (χ0v) is 41.8. The molecule has 0 amide bonds. The van der Waals surface area contributed by atoms with Gasteiger partial charge >= 0.3 is 17.9 Å². The van der Waals surface area contributed by atoms with Crippen molar-refractivity contribution in [2.45, 2.75) is 252 Å². The molecule has 0 aromatic carbocycles. The van der Waals surface area contributed by atoms with Crippen LogP contribution in [0.5, 0.6) is 0 Å². The van der Waals surface area contributed by atoms with Gasteiger partial charge in [-0.2, -0.15) is 0 Å². The van der Waals surface area contributed by atoms with Gasteiger partial charge in [0.2, 0.25) is 0 Å². The first-order chi connectivity index (χ1) is 31.5. The van der Waals surface area contributed by atoms with Gasteiger partial charge in [-0.05, 0) is 77.0 Å². The lowest BCUT2D eigenvalue weighted by Gasteiger charge is -2.18. The number of unbranched alkanes of at least 4 members (excludes halogenated alkanes) is 22. The minimum absolute atomic E-state index is 0.0820. The third kappa shape index (κ3) is 49.6. The molecule has 0 fully saturated rings. The Kier molecular flexibility index (Phi) is 49.4. The van der Waals surface area contributed by atoms with Crippen LogP contribution in [0.25, 0.3) is 0 Å².